The minimum absolute atomic E-state index is 0.0519. The van der Waals surface area contributed by atoms with Gasteiger partial charge < -0.3 is 11.1 Å². The zero-order chi connectivity index (χ0) is 17.2. The number of benzene rings is 1. The van der Waals surface area contributed by atoms with Crippen molar-refractivity contribution in [3.63, 3.8) is 0 Å². The van der Waals surface area contributed by atoms with E-state index in [0.29, 0.717) is 0 Å². The van der Waals surface area contributed by atoms with E-state index in [2.05, 4.69) is 5.32 Å². The van der Waals surface area contributed by atoms with Gasteiger partial charge in [0.1, 0.15) is 0 Å². The number of alkyl halides is 2. The van der Waals surface area contributed by atoms with E-state index in [1.807, 2.05) is 0 Å². The lowest BCUT2D eigenvalue weighted by atomic mass is 9.86. The molecule has 126 valence electrons. The zero-order valence-corrected chi connectivity index (χ0v) is 12.2. The topological polar surface area (TPSA) is 72.2 Å². The van der Waals surface area contributed by atoms with Gasteiger partial charge in [0, 0.05) is 30.9 Å². The molecule has 0 unspecified atom stereocenters. The maximum atomic E-state index is 13.8. The molecular formula is C15H16F4N2O2. The Morgan fingerprint density at radius 3 is 2.35 bits per heavy atom. The fraction of sp³-hybridized carbons (Fsp3) is 0.467. The van der Waals surface area contributed by atoms with E-state index >= 15 is 0 Å². The number of nitrogens with one attached hydrogen (secondary N) is 1. The predicted octanol–water partition coefficient (Wildman–Crippen LogP) is 2.51. The van der Waals surface area contributed by atoms with Crippen LogP contribution in [-0.4, -0.2) is 17.7 Å². The Labute approximate surface area is 130 Å². The van der Waals surface area contributed by atoms with E-state index in [4.69, 9.17) is 5.73 Å². The van der Waals surface area contributed by atoms with Gasteiger partial charge in [-0.25, -0.2) is 17.6 Å². The molecule has 0 atom stereocenters. The molecule has 3 N–H and O–H groups in total. The fourth-order valence-electron chi connectivity index (χ4n) is 2.55. The van der Waals surface area contributed by atoms with E-state index in [1.165, 1.54) is 0 Å². The largest absolute Gasteiger partial charge is 0.366 e. The monoisotopic (exact) mass is 332 g/mol. The lowest BCUT2D eigenvalue weighted by Crippen LogP contribution is -2.35. The highest BCUT2D eigenvalue weighted by Gasteiger charge is 2.37. The molecule has 4 nitrogen and oxygen atoms in total. The van der Waals surface area contributed by atoms with Gasteiger partial charge in [-0.2, -0.15) is 0 Å². The Bertz CT molecular complexity index is 624. The molecule has 0 heterocycles. The molecule has 0 radical (unpaired) electrons. The molecule has 23 heavy (non-hydrogen) atoms. The van der Waals surface area contributed by atoms with Gasteiger partial charge in [0.15, 0.2) is 11.6 Å². The standard InChI is InChI=1S/C15H16F4N2O2/c16-11-9(1-2-10(12(11)17)13(20)22)7-21-14(23)8-3-5-15(18,19)6-4-8/h1-2,8H,3-7H2,(H2,20,22)(H,21,23). The summed E-state index contributed by atoms with van der Waals surface area (Å²) in [6, 6.07) is 2.18. The van der Waals surface area contributed by atoms with Gasteiger partial charge in [0.2, 0.25) is 11.8 Å². The second-order valence-corrected chi connectivity index (χ2v) is 5.61. The molecule has 1 fully saturated rings. The molecule has 2 amide bonds. The van der Waals surface area contributed by atoms with Crippen molar-refractivity contribution in [2.45, 2.75) is 38.2 Å². The van der Waals surface area contributed by atoms with E-state index in [1.54, 1.807) is 0 Å². The first-order valence-electron chi connectivity index (χ1n) is 7.13. The number of carbonyl (C=O) groups excluding carboxylic acids is 2. The van der Waals surface area contributed by atoms with Crippen LogP contribution in [0.5, 0.6) is 0 Å². The molecule has 0 bridgehead atoms. The second-order valence-electron chi connectivity index (χ2n) is 5.61. The molecule has 8 heteroatoms. The molecule has 0 spiro atoms. The van der Waals surface area contributed by atoms with Crippen LogP contribution in [0.25, 0.3) is 0 Å². The van der Waals surface area contributed by atoms with Crippen LogP contribution in [0.4, 0.5) is 17.6 Å². The average molecular weight is 332 g/mol. The van der Waals surface area contributed by atoms with Crippen molar-refractivity contribution < 1.29 is 27.2 Å². The predicted molar refractivity (Wildman–Crippen MR) is 73.6 cm³/mol. The summed E-state index contributed by atoms with van der Waals surface area (Å²) in [5.74, 6) is -7.51. The number of nitrogens with two attached hydrogens (primary N) is 1. The highest BCUT2D eigenvalue weighted by Crippen LogP contribution is 2.36. The first-order valence-corrected chi connectivity index (χ1v) is 7.13. The lowest BCUT2D eigenvalue weighted by Gasteiger charge is -2.27. The summed E-state index contributed by atoms with van der Waals surface area (Å²) in [4.78, 5) is 22.8. The molecule has 1 aromatic rings. The number of primary amides is 1. The SMILES string of the molecule is NC(=O)c1ccc(CNC(=O)C2CCC(F)(F)CC2)c(F)c1F. The fourth-order valence-corrected chi connectivity index (χ4v) is 2.55. The van der Waals surface area contributed by atoms with Crippen molar-refractivity contribution in [2.75, 3.05) is 0 Å². The summed E-state index contributed by atoms with van der Waals surface area (Å²) in [5.41, 5.74) is 4.17. The Balaban J connectivity index is 1.97. The van der Waals surface area contributed by atoms with Crippen molar-refractivity contribution in [3.8, 4) is 0 Å². The quantitative estimate of drug-likeness (QED) is 0.832. The Hall–Kier alpha value is -2.12. The first kappa shape index (κ1) is 17.2. The molecule has 1 aliphatic carbocycles. The van der Waals surface area contributed by atoms with Gasteiger partial charge in [-0.05, 0) is 18.9 Å². The van der Waals surface area contributed by atoms with Crippen LogP contribution in [-0.2, 0) is 11.3 Å². The number of halogens is 4. The van der Waals surface area contributed by atoms with Gasteiger partial charge in [-0.3, -0.25) is 9.59 Å². The van der Waals surface area contributed by atoms with Crippen LogP contribution >= 0.6 is 0 Å². The molecule has 0 saturated heterocycles. The van der Waals surface area contributed by atoms with Crippen molar-refractivity contribution in [1.29, 1.82) is 0 Å². The first-order chi connectivity index (χ1) is 10.7. The molecule has 1 aliphatic rings. The summed E-state index contributed by atoms with van der Waals surface area (Å²) in [7, 11) is 0. The van der Waals surface area contributed by atoms with Crippen LogP contribution in [0.15, 0.2) is 12.1 Å². The molecule has 1 saturated carbocycles. The average Bonchev–Trinajstić information content (AvgIpc) is 2.48. The Kier molecular flexibility index (Phi) is 4.91. The third-order valence-corrected chi connectivity index (χ3v) is 3.97. The second kappa shape index (κ2) is 6.55. The van der Waals surface area contributed by atoms with Crippen LogP contribution < -0.4 is 11.1 Å². The van der Waals surface area contributed by atoms with Crippen molar-refractivity contribution >= 4 is 11.8 Å². The maximum Gasteiger partial charge on any atom is 0.251 e. The van der Waals surface area contributed by atoms with Crippen molar-refractivity contribution in [2.24, 2.45) is 11.7 Å². The molecule has 0 aliphatic heterocycles. The summed E-state index contributed by atoms with van der Waals surface area (Å²) >= 11 is 0. The van der Waals surface area contributed by atoms with E-state index in [-0.39, 0.29) is 37.8 Å². The van der Waals surface area contributed by atoms with Crippen LogP contribution in [0, 0.1) is 17.6 Å². The molecule has 2 rings (SSSR count). The maximum absolute atomic E-state index is 13.8. The van der Waals surface area contributed by atoms with Crippen LogP contribution in [0.3, 0.4) is 0 Å². The van der Waals surface area contributed by atoms with Gasteiger partial charge in [-0.1, -0.05) is 6.07 Å². The van der Waals surface area contributed by atoms with Gasteiger partial charge in [0.05, 0.1) is 5.56 Å². The van der Waals surface area contributed by atoms with Crippen molar-refractivity contribution in [1.82, 2.24) is 5.32 Å². The minimum Gasteiger partial charge on any atom is -0.366 e. The Morgan fingerprint density at radius 2 is 1.78 bits per heavy atom. The number of carbonyl (C=O) groups is 2. The van der Waals surface area contributed by atoms with Crippen LogP contribution in [0.2, 0.25) is 0 Å². The number of amides is 2. The minimum atomic E-state index is -2.74. The molecular weight excluding hydrogens is 316 g/mol. The number of rotatable bonds is 4. The highest BCUT2D eigenvalue weighted by atomic mass is 19.3. The molecule has 0 aromatic heterocycles. The summed E-state index contributed by atoms with van der Waals surface area (Å²) in [5, 5.41) is 2.41. The third kappa shape index (κ3) is 4.00. The van der Waals surface area contributed by atoms with Crippen molar-refractivity contribution in [3.05, 3.63) is 34.9 Å². The highest BCUT2D eigenvalue weighted by molar-refractivity contribution is 5.93. The van der Waals surface area contributed by atoms with Gasteiger partial charge in [0.25, 0.3) is 5.91 Å². The lowest BCUT2D eigenvalue weighted by molar-refractivity contribution is -0.129. The summed E-state index contributed by atoms with van der Waals surface area (Å²) in [6.07, 6.45) is -0.616. The number of hydrogen-bond donors (Lipinski definition) is 2. The Morgan fingerprint density at radius 1 is 1.17 bits per heavy atom. The summed E-state index contributed by atoms with van der Waals surface area (Å²) in [6.45, 7) is -0.298. The molecule has 1 aromatic carbocycles. The van der Waals surface area contributed by atoms with Gasteiger partial charge >= 0.3 is 0 Å². The third-order valence-electron chi connectivity index (χ3n) is 3.97. The normalized spacial score (nSPS) is 17.7. The van der Waals surface area contributed by atoms with E-state index in [0.717, 1.165) is 12.1 Å². The number of hydrogen-bond acceptors (Lipinski definition) is 2. The zero-order valence-electron chi connectivity index (χ0n) is 12.2. The van der Waals surface area contributed by atoms with Crippen LogP contribution in [0.1, 0.15) is 41.6 Å². The van der Waals surface area contributed by atoms with E-state index < -0.39 is 40.9 Å². The van der Waals surface area contributed by atoms with Gasteiger partial charge in [-0.15, -0.1) is 0 Å². The van der Waals surface area contributed by atoms with E-state index in [9.17, 15) is 27.2 Å². The summed E-state index contributed by atoms with van der Waals surface area (Å²) < 4.78 is 53.5. The smallest absolute Gasteiger partial charge is 0.251 e.